The largest absolute Gasteiger partial charge is 2.00 e. The molecule has 0 atom stereocenters. The second-order valence-corrected chi connectivity index (χ2v) is 3.58. The molecular weight excluding hydrogens is 280 g/mol. The zero-order valence-corrected chi connectivity index (χ0v) is 11.6. The van der Waals surface area contributed by atoms with E-state index in [1.54, 1.807) is 19.5 Å². The van der Waals surface area contributed by atoms with Crippen molar-refractivity contribution in [2.45, 2.75) is 0 Å². The molecule has 2 aromatic carbocycles. The van der Waals surface area contributed by atoms with E-state index in [9.17, 15) is 0 Å². The number of ether oxygens (including phenoxy) is 1. The second-order valence-electron chi connectivity index (χ2n) is 3.58. The summed E-state index contributed by atoms with van der Waals surface area (Å²) in [4.78, 5) is 8.27. The molecule has 3 aromatic rings. The SMILES string of the molecule is COc1cncc(-c2ccc[cH-]2)n1.[Fe+2].c1cc[cH-]c1. The number of aromatic nitrogens is 2. The summed E-state index contributed by atoms with van der Waals surface area (Å²) in [6, 6.07) is 17.9. The predicted octanol–water partition coefficient (Wildman–Crippen LogP) is 3.27. The summed E-state index contributed by atoms with van der Waals surface area (Å²) in [6.07, 6.45) is 3.31. The molecule has 98 valence electrons. The Morgan fingerprint density at radius 3 is 2.37 bits per heavy atom. The minimum atomic E-state index is 0. The summed E-state index contributed by atoms with van der Waals surface area (Å²) in [5, 5.41) is 0. The summed E-state index contributed by atoms with van der Waals surface area (Å²) in [6.45, 7) is 0. The molecule has 19 heavy (non-hydrogen) atoms. The number of nitrogens with zero attached hydrogens (tertiary/aromatic N) is 2. The van der Waals surface area contributed by atoms with E-state index < -0.39 is 0 Å². The molecule has 1 aromatic heterocycles. The number of hydrogen-bond acceptors (Lipinski definition) is 3. The normalized spacial score (nSPS) is 8.89. The van der Waals surface area contributed by atoms with E-state index in [0.29, 0.717) is 5.88 Å². The molecule has 0 N–H and O–H groups in total. The zero-order valence-electron chi connectivity index (χ0n) is 10.5. The summed E-state index contributed by atoms with van der Waals surface area (Å²) in [7, 11) is 1.58. The Bertz CT molecular complexity index is 530. The van der Waals surface area contributed by atoms with Crippen LogP contribution in [-0.4, -0.2) is 17.1 Å². The van der Waals surface area contributed by atoms with Gasteiger partial charge in [-0.2, -0.15) is 36.4 Å². The van der Waals surface area contributed by atoms with Crippen molar-refractivity contribution in [2.75, 3.05) is 7.11 Å². The third kappa shape index (κ3) is 4.70. The minimum Gasteiger partial charge on any atom is -0.480 e. The van der Waals surface area contributed by atoms with E-state index in [4.69, 9.17) is 4.74 Å². The fraction of sp³-hybridized carbons (Fsp3) is 0.0667. The van der Waals surface area contributed by atoms with E-state index in [1.165, 1.54) is 0 Å². The summed E-state index contributed by atoms with van der Waals surface area (Å²) >= 11 is 0. The molecule has 4 heteroatoms. The van der Waals surface area contributed by atoms with Gasteiger partial charge in [0.2, 0.25) is 5.88 Å². The summed E-state index contributed by atoms with van der Waals surface area (Å²) < 4.78 is 4.98. The molecule has 0 bridgehead atoms. The van der Waals surface area contributed by atoms with E-state index >= 15 is 0 Å². The molecule has 0 spiro atoms. The van der Waals surface area contributed by atoms with Crippen molar-refractivity contribution in [2.24, 2.45) is 0 Å². The standard InChI is InChI=1S/C10H9N2O.C5H5.Fe/c1-13-10-7-11-6-9(12-10)8-4-2-3-5-8;1-2-4-5-3-1;/h2-7H,1H3;1-5H;/q2*-1;+2. The molecule has 0 unspecified atom stereocenters. The van der Waals surface area contributed by atoms with E-state index in [2.05, 4.69) is 9.97 Å². The van der Waals surface area contributed by atoms with Gasteiger partial charge in [0.15, 0.2) is 0 Å². The van der Waals surface area contributed by atoms with Gasteiger partial charge in [-0.3, -0.25) is 9.97 Å². The minimum absolute atomic E-state index is 0. The van der Waals surface area contributed by atoms with Crippen LogP contribution in [0.15, 0.2) is 67.0 Å². The zero-order chi connectivity index (χ0) is 12.6. The van der Waals surface area contributed by atoms with Gasteiger partial charge in [-0.05, 0) is 0 Å². The molecule has 3 nitrogen and oxygen atoms in total. The fourth-order valence-corrected chi connectivity index (χ4v) is 1.45. The van der Waals surface area contributed by atoms with Crippen molar-refractivity contribution >= 4 is 0 Å². The molecule has 0 aliphatic rings. The van der Waals surface area contributed by atoms with E-state index in [-0.39, 0.29) is 17.1 Å². The Labute approximate surface area is 123 Å². The number of rotatable bonds is 2. The van der Waals surface area contributed by atoms with Gasteiger partial charge in [-0.1, -0.05) is 0 Å². The molecule has 0 radical (unpaired) electrons. The van der Waals surface area contributed by atoms with E-state index in [0.717, 1.165) is 11.3 Å². The van der Waals surface area contributed by atoms with Crippen LogP contribution >= 0.6 is 0 Å². The Hall–Kier alpha value is -1.90. The van der Waals surface area contributed by atoms with Crippen LogP contribution < -0.4 is 4.74 Å². The van der Waals surface area contributed by atoms with Gasteiger partial charge in [-0.25, -0.2) is 12.1 Å². The van der Waals surface area contributed by atoms with Crippen molar-refractivity contribution in [3.8, 4) is 17.1 Å². The van der Waals surface area contributed by atoms with Crippen LogP contribution in [0.3, 0.4) is 0 Å². The Morgan fingerprint density at radius 2 is 1.84 bits per heavy atom. The maximum absolute atomic E-state index is 4.98. The van der Waals surface area contributed by atoms with Crippen LogP contribution in [0.25, 0.3) is 11.3 Å². The summed E-state index contributed by atoms with van der Waals surface area (Å²) in [5.74, 6) is 0.540. The van der Waals surface area contributed by atoms with Gasteiger partial charge in [0.05, 0.1) is 13.3 Å². The van der Waals surface area contributed by atoms with Crippen LogP contribution in [0.2, 0.25) is 0 Å². The fourth-order valence-electron chi connectivity index (χ4n) is 1.45. The monoisotopic (exact) mass is 294 g/mol. The topological polar surface area (TPSA) is 35.0 Å². The van der Waals surface area contributed by atoms with Gasteiger partial charge in [0.25, 0.3) is 0 Å². The average Bonchev–Trinajstić information content (AvgIpc) is 3.14. The van der Waals surface area contributed by atoms with Gasteiger partial charge >= 0.3 is 17.1 Å². The van der Waals surface area contributed by atoms with Crippen LogP contribution in [0.1, 0.15) is 0 Å². The Balaban J connectivity index is 0.000000256. The summed E-state index contributed by atoms with van der Waals surface area (Å²) in [5.41, 5.74) is 1.90. The third-order valence-electron chi connectivity index (χ3n) is 2.34. The maximum atomic E-state index is 4.98. The van der Waals surface area contributed by atoms with Crippen LogP contribution in [0.4, 0.5) is 0 Å². The first-order chi connectivity index (χ1) is 8.90. The first kappa shape index (κ1) is 15.2. The second kappa shape index (κ2) is 8.25. The molecule has 0 saturated carbocycles. The Morgan fingerprint density at radius 1 is 1.05 bits per heavy atom. The van der Waals surface area contributed by atoms with Crippen molar-refractivity contribution < 1.29 is 21.8 Å². The molecule has 0 aliphatic carbocycles. The number of hydrogen-bond donors (Lipinski definition) is 0. The van der Waals surface area contributed by atoms with Gasteiger partial charge in [0.1, 0.15) is 0 Å². The predicted molar refractivity (Wildman–Crippen MR) is 71.6 cm³/mol. The molecule has 0 fully saturated rings. The first-order valence-corrected chi connectivity index (χ1v) is 5.65. The van der Waals surface area contributed by atoms with Crippen molar-refractivity contribution in [3.05, 3.63) is 67.0 Å². The maximum Gasteiger partial charge on any atom is 2.00 e. The van der Waals surface area contributed by atoms with Gasteiger partial charge < -0.3 is 4.74 Å². The van der Waals surface area contributed by atoms with Crippen molar-refractivity contribution in [1.82, 2.24) is 9.97 Å². The quantitative estimate of drug-likeness (QED) is 0.537. The molecular formula is C15H14FeN2O. The third-order valence-corrected chi connectivity index (χ3v) is 2.34. The van der Waals surface area contributed by atoms with Crippen LogP contribution in [0, 0.1) is 0 Å². The average molecular weight is 294 g/mol. The van der Waals surface area contributed by atoms with Gasteiger partial charge in [0, 0.05) is 11.9 Å². The molecule has 3 rings (SSSR count). The Kier molecular flexibility index (Phi) is 6.58. The first-order valence-electron chi connectivity index (χ1n) is 5.65. The van der Waals surface area contributed by atoms with Crippen molar-refractivity contribution in [1.29, 1.82) is 0 Å². The van der Waals surface area contributed by atoms with Crippen LogP contribution in [0.5, 0.6) is 5.88 Å². The van der Waals surface area contributed by atoms with Crippen molar-refractivity contribution in [3.63, 3.8) is 0 Å². The molecule has 1 heterocycles. The molecule has 0 aliphatic heterocycles. The van der Waals surface area contributed by atoms with E-state index in [1.807, 2.05) is 54.6 Å². The van der Waals surface area contributed by atoms with Gasteiger partial charge in [-0.15, -0.1) is 11.6 Å². The molecule has 0 saturated heterocycles. The molecule has 0 amide bonds. The number of methoxy groups -OCH3 is 1. The van der Waals surface area contributed by atoms with Crippen LogP contribution in [-0.2, 0) is 17.1 Å². The smallest absolute Gasteiger partial charge is 0.480 e.